The van der Waals surface area contributed by atoms with Crippen molar-refractivity contribution in [2.24, 2.45) is 0 Å². The third kappa shape index (κ3) is 4.12. The van der Waals surface area contributed by atoms with Gasteiger partial charge in [0.1, 0.15) is 23.8 Å². The zero-order chi connectivity index (χ0) is 19.3. The molecule has 0 amide bonds. The van der Waals surface area contributed by atoms with Crippen LogP contribution in [-0.2, 0) is 6.54 Å². The summed E-state index contributed by atoms with van der Waals surface area (Å²) in [4.78, 5) is 11.0. The van der Waals surface area contributed by atoms with Crippen molar-refractivity contribution in [2.75, 3.05) is 30.4 Å². The molecule has 8 heteroatoms. The predicted octanol–water partition coefficient (Wildman–Crippen LogP) is 2.60. The summed E-state index contributed by atoms with van der Waals surface area (Å²) < 4.78 is 14.8. The maximum atomic E-state index is 13.1. The van der Waals surface area contributed by atoms with Gasteiger partial charge in [-0.2, -0.15) is 5.10 Å². The Morgan fingerprint density at radius 1 is 1.21 bits per heavy atom. The van der Waals surface area contributed by atoms with Crippen LogP contribution < -0.4 is 15.5 Å². The molecule has 3 aromatic rings. The Balaban J connectivity index is 1.34. The monoisotopic (exact) mass is 381 g/mol. The van der Waals surface area contributed by atoms with E-state index in [2.05, 4.69) is 30.6 Å². The Labute approximate surface area is 163 Å². The standard InChI is InChI=1S/C20H24FN7/c1-22-19-9-20(25-14-24-19)27-8-2-3-18(27)12-23-10-15-11-26-28(13-15)17-6-4-16(21)5-7-17/h4-7,9,11,13-14,18,23H,2-3,8,10,12H2,1H3,(H,22,24,25). The molecule has 0 radical (unpaired) electrons. The summed E-state index contributed by atoms with van der Waals surface area (Å²) in [7, 11) is 1.86. The lowest BCUT2D eigenvalue weighted by Crippen LogP contribution is -2.38. The van der Waals surface area contributed by atoms with Crippen LogP contribution in [0, 0.1) is 5.82 Å². The normalized spacial score (nSPS) is 16.5. The number of hydrogen-bond acceptors (Lipinski definition) is 6. The molecule has 146 valence electrons. The fraction of sp³-hybridized carbons (Fsp3) is 0.350. The number of anilines is 2. The van der Waals surface area contributed by atoms with Crippen molar-refractivity contribution in [3.63, 3.8) is 0 Å². The van der Waals surface area contributed by atoms with E-state index >= 15 is 0 Å². The second-order valence-electron chi connectivity index (χ2n) is 6.90. The first-order chi connectivity index (χ1) is 13.7. The largest absolute Gasteiger partial charge is 0.373 e. The summed E-state index contributed by atoms with van der Waals surface area (Å²) in [6, 6.07) is 8.72. The minimum absolute atomic E-state index is 0.246. The minimum Gasteiger partial charge on any atom is -0.373 e. The molecule has 28 heavy (non-hydrogen) atoms. The zero-order valence-electron chi connectivity index (χ0n) is 15.8. The van der Waals surface area contributed by atoms with Gasteiger partial charge < -0.3 is 15.5 Å². The summed E-state index contributed by atoms with van der Waals surface area (Å²) >= 11 is 0. The van der Waals surface area contributed by atoms with Crippen molar-refractivity contribution < 1.29 is 4.39 Å². The molecule has 0 bridgehead atoms. The van der Waals surface area contributed by atoms with Gasteiger partial charge in [-0.15, -0.1) is 0 Å². The molecular formula is C20H24FN7. The van der Waals surface area contributed by atoms with Gasteiger partial charge in [0, 0.05) is 50.6 Å². The minimum atomic E-state index is -0.246. The molecule has 1 unspecified atom stereocenters. The van der Waals surface area contributed by atoms with E-state index in [9.17, 15) is 4.39 Å². The van der Waals surface area contributed by atoms with Crippen molar-refractivity contribution in [1.29, 1.82) is 0 Å². The van der Waals surface area contributed by atoms with E-state index in [1.807, 2.05) is 25.5 Å². The van der Waals surface area contributed by atoms with Crippen molar-refractivity contribution in [3.05, 3.63) is 60.4 Å². The number of aromatic nitrogens is 4. The Morgan fingerprint density at radius 2 is 2.07 bits per heavy atom. The highest BCUT2D eigenvalue weighted by molar-refractivity contribution is 5.49. The van der Waals surface area contributed by atoms with Gasteiger partial charge >= 0.3 is 0 Å². The van der Waals surface area contributed by atoms with Crippen LogP contribution in [0.25, 0.3) is 5.69 Å². The van der Waals surface area contributed by atoms with E-state index in [4.69, 9.17) is 0 Å². The molecule has 1 aliphatic rings. The smallest absolute Gasteiger partial charge is 0.134 e. The van der Waals surface area contributed by atoms with E-state index in [0.717, 1.165) is 55.4 Å². The Bertz CT molecular complexity index is 909. The first-order valence-electron chi connectivity index (χ1n) is 9.49. The molecular weight excluding hydrogens is 357 g/mol. The van der Waals surface area contributed by atoms with E-state index < -0.39 is 0 Å². The molecule has 1 fully saturated rings. The summed E-state index contributed by atoms with van der Waals surface area (Å²) in [5, 5.41) is 11.0. The molecule has 2 aromatic heterocycles. The van der Waals surface area contributed by atoms with Gasteiger partial charge in [-0.25, -0.2) is 19.0 Å². The summed E-state index contributed by atoms with van der Waals surface area (Å²) in [5.41, 5.74) is 1.94. The van der Waals surface area contributed by atoms with Crippen LogP contribution in [0.1, 0.15) is 18.4 Å². The number of rotatable bonds is 7. The number of benzene rings is 1. The van der Waals surface area contributed by atoms with Crippen LogP contribution in [-0.4, -0.2) is 45.9 Å². The molecule has 0 aliphatic carbocycles. The van der Waals surface area contributed by atoms with E-state index in [1.165, 1.54) is 12.1 Å². The van der Waals surface area contributed by atoms with Crippen LogP contribution in [0.5, 0.6) is 0 Å². The number of hydrogen-bond donors (Lipinski definition) is 2. The molecule has 0 saturated carbocycles. The summed E-state index contributed by atoms with van der Waals surface area (Å²) in [6.07, 6.45) is 7.71. The molecule has 1 atom stereocenters. The molecule has 2 N–H and O–H groups in total. The van der Waals surface area contributed by atoms with Gasteiger partial charge in [0.15, 0.2) is 0 Å². The summed E-state index contributed by atoms with van der Waals surface area (Å²) in [5.74, 6) is 1.55. The highest BCUT2D eigenvalue weighted by atomic mass is 19.1. The number of nitrogens with one attached hydrogen (secondary N) is 2. The van der Waals surface area contributed by atoms with Crippen molar-refractivity contribution in [1.82, 2.24) is 25.1 Å². The molecule has 0 spiro atoms. The van der Waals surface area contributed by atoms with Gasteiger partial charge in [0.2, 0.25) is 0 Å². The zero-order valence-corrected chi connectivity index (χ0v) is 15.8. The van der Waals surface area contributed by atoms with Gasteiger partial charge in [-0.05, 0) is 37.1 Å². The second-order valence-corrected chi connectivity index (χ2v) is 6.90. The van der Waals surface area contributed by atoms with E-state index in [1.54, 1.807) is 23.1 Å². The first kappa shape index (κ1) is 18.4. The Kier molecular flexibility index (Phi) is 5.48. The molecule has 1 aromatic carbocycles. The maximum Gasteiger partial charge on any atom is 0.134 e. The average molecular weight is 381 g/mol. The van der Waals surface area contributed by atoms with Crippen LogP contribution in [0.2, 0.25) is 0 Å². The first-order valence-corrected chi connectivity index (χ1v) is 9.49. The molecule has 1 aliphatic heterocycles. The SMILES string of the molecule is CNc1cc(N2CCCC2CNCc2cnn(-c3ccc(F)cc3)c2)ncn1. The van der Waals surface area contributed by atoms with Crippen LogP contribution in [0.4, 0.5) is 16.0 Å². The lowest BCUT2D eigenvalue weighted by atomic mass is 10.2. The van der Waals surface area contributed by atoms with E-state index in [-0.39, 0.29) is 5.82 Å². The fourth-order valence-electron chi connectivity index (χ4n) is 3.56. The molecule has 4 rings (SSSR count). The highest BCUT2D eigenvalue weighted by Crippen LogP contribution is 2.24. The maximum absolute atomic E-state index is 13.1. The Hall–Kier alpha value is -3.00. The van der Waals surface area contributed by atoms with Crippen molar-refractivity contribution >= 4 is 11.6 Å². The number of halogens is 1. The average Bonchev–Trinajstić information content (AvgIpc) is 3.38. The van der Waals surface area contributed by atoms with Gasteiger partial charge in [0.05, 0.1) is 11.9 Å². The van der Waals surface area contributed by atoms with Crippen molar-refractivity contribution in [2.45, 2.75) is 25.4 Å². The predicted molar refractivity (Wildman–Crippen MR) is 107 cm³/mol. The van der Waals surface area contributed by atoms with Crippen LogP contribution in [0.3, 0.4) is 0 Å². The molecule has 7 nitrogen and oxygen atoms in total. The molecule has 1 saturated heterocycles. The number of nitrogens with zero attached hydrogens (tertiary/aromatic N) is 5. The quantitative estimate of drug-likeness (QED) is 0.656. The second kappa shape index (κ2) is 8.35. The van der Waals surface area contributed by atoms with Crippen LogP contribution >= 0.6 is 0 Å². The fourth-order valence-corrected chi connectivity index (χ4v) is 3.56. The third-order valence-electron chi connectivity index (χ3n) is 5.02. The van der Waals surface area contributed by atoms with Crippen molar-refractivity contribution in [3.8, 4) is 5.69 Å². The van der Waals surface area contributed by atoms with Gasteiger partial charge in [-0.3, -0.25) is 0 Å². The van der Waals surface area contributed by atoms with Gasteiger partial charge in [0.25, 0.3) is 0 Å². The lowest BCUT2D eigenvalue weighted by molar-refractivity contribution is 0.570. The molecule has 3 heterocycles. The third-order valence-corrected chi connectivity index (χ3v) is 5.02. The summed E-state index contributed by atoms with van der Waals surface area (Å²) in [6.45, 7) is 2.62. The van der Waals surface area contributed by atoms with Gasteiger partial charge in [-0.1, -0.05) is 0 Å². The Morgan fingerprint density at radius 3 is 2.89 bits per heavy atom. The van der Waals surface area contributed by atoms with Crippen LogP contribution in [0.15, 0.2) is 49.1 Å². The lowest BCUT2D eigenvalue weighted by Gasteiger charge is -2.26. The van der Waals surface area contributed by atoms with E-state index in [0.29, 0.717) is 6.04 Å². The topological polar surface area (TPSA) is 70.9 Å². The highest BCUT2D eigenvalue weighted by Gasteiger charge is 2.25.